The van der Waals surface area contributed by atoms with Crippen LogP contribution in [0.1, 0.15) is 18.6 Å². The Balaban J connectivity index is 2.30. The molecule has 0 bridgehead atoms. The third kappa shape index (κ3) is 3.25. The lowest BCUT2D eigenvalue weighted by molar-refractivity contribution is 0.196. The van der Waals surface area contributed by atoms with Crippen LogP contribution in [0.2, 0.25) is 5.02 Å². The van der Waals surface area contributed by atoms with Gasteiger partial charge in [0, 0.05) is 14.8 Å². The van der Waals surface area contributed by atoms with Gasteiger partial charge in [0.25, 0.3) is 0 Å². The maximum Gasteiger partial charge on any atom is 0.0772 e. The monoisotopic (exact) mass is 264 g/mol. The van der Waals surface area contributed by atoms with Crippen molar-refractivity contribution < 1.29 is 5.11 Å². The summed E-state index contributed by atoms with van der Waals surface area (Å²) >= 11 is 7.56. The van der Waals surface area contributed by atoms with Crippen molar-refractivity contribution >= 4 is 23.4 Å². The molecule has 0 radical (unpaired) electrons. The minimum atomic E-state index is -0.460. The zero-order valence-electron chi connectivity index (χ0n) is 9.43. The molecule has 0 saturated heterocycles. The van der Waals surface area contributed by atoms with E-state index in [1.54, 1.807) is 18.7 Å². The fourth-order valence-corrected chi connectivity index (χ4v) is 2.92. The molecule has 2 aromatic carbocycles. The molecule has 0 spiro atoms. The molecule has 0 aliphatic rings. The fraction of sp³-hybridized carbons (Fsp3) is 0.143. The summed E-state index contributed by atoms with van der Waals surface area (Å²) in [6, 6.07) is 15.6. The van der Waals surface area contributed by atoms with E-state index in [1.165, 1.54) is 0 Å². The van der Waals surface area contributed by atoms with E-state index in [9.17, 15) is 5.11 Å². The molecule has 1 atom stereocenters. The fourth-order valence-electron chi connectivity index (χ4n) is 1.58. The van der Waals surface area contributed by atoms with E-state index in [0.29, 0.717) is 0 Å². The van der Waals surface area contributed by atoms with Crippen molar-refractivity contribution in [1.29, 1.82) is 0 Å². The highest BCUT2D eigenvalue weighted by Gasteiger charge is 2.08. The average molecular weight is 265 g/mol. The Hall–Kier alpha value is -0.960. The third-order valence-corrected chi connectivity index (χ3v) is 3.71. The van der Waals surface area contributed by atoms with Crippen LogP contribution in [0.15, 0.2) is 58.3 Å². The summed E-state index contributed by atoms with van der Waals surface area (Å²) in [7, 11) is 0. The second-order valence-electron chi connectivity index (χ2n) is 3.77. The summed E-state index contributed by atoms with van der Waals surface area (Å²) in [4.78, 5) is 2.13. The molecule has 0 aliphatic carbocycles. The molecule has 88 valence electrons. The Labute approximate surface area is 110 Å². The molecule has 1 unspecified atom stereocenters. The first-order valence-corrected chi connectivity index (χ1v) is 6.56. The van der Waals surface area contributed by atoms with Crippen LogP contribution in [0.3, 0.4) is 0 Å². The normalized spacial score (nSPS) is 12.4. The summed E-state index contributed by atoms with van der Waals surface area (Å²) in [6.07, 6.45) is -0.460. The van der Waals surface area contributed by atoms with E-state index in [4.69, 9.17) is 11.6 Å². The molecule has 2 rings (SSSR count). The largest absolute Gasteiger partial charge is 0.389 e. The van der Waals surface area contributed by atoms with Crippen LogP contribution >= 0.6 is 23.4 Å². The zero-order chi connectivity index (χ0) is 12.3. The van der Waals surface area contributed by atoms with Crippen molar-refractivity contribution in [1.82, 2.24) is 0 Å². The number of hydrogen-bond acceptors (Lipinski definition) is 2. The minimum Gasteiger partial charge on any atom is -0.389 e. The van der Waals surface area contributed by atoms with E-state index in [1.807, 2.05) is 48.5 Å². The van der Waals surface area contributed by atoms with Crippen LogP contribution in [0.25, 0.3) is 0 Å². The Morgan fingerprint density at radius 3 is 2.59 bits per heavy atom. The zero-order valence-corrected chi connectivity index (χ0v) is 11.0. The van der Waals surface area contributed by atoms with Gasteiger partial charge in [-0.1, -0.05) is 47.6 Å². The highest BCUT2D eigenvalue weighted by atomic mass is 35.5. The van der Waals surface area contributed by atoms with Gasteiger partial charge < -0.3 is 5.11 Å². The van der Waals surface area contributed by atoms with Crippen molar-refractivity contribution in [3.8, 4) is 0 Å². The molecule has 0 aromatic heterocycles. The molecule has 17 heavy (non-hydrogen) atoms. The highest BCUT2D eigenvalue weighted by Crippen LogP contribution is 2.34. The lowest BCUT2D eigenvalue weighted by atomic mass is 10.1. The van der Waals surface area contributed by atoms with Crippen LogP contribution in [-0.4, -0.2) is 5.11 Å². The van der Waals surface area contributed by atoms with Crippen LogP contribution < -0.4 is 0 Å². The number of benzene rings is 2. The third-order valence-electron chi connectivity index (χ3n) is 2.39. The van der Waals surface area contributed by atoms with Gasteiger partial charge in [-0.2, -0.15) is 0 Å². The first kappa shape index (κ1) is 12.5. The van der Waals surface area contributed by atoms with E-state index >= 15 is 0 Å². The Bertz CT molecular complexity index is 511. The predicted octanol–water partition coefficient (Wildman–Crippen LogP) is 4.54. The molecular weight excluding hydrogens is 252 g/mol. The van der Waals surface area contributed by atoms with Crippen molar-refractivity contribution in [2.45, 2.75) is 22.8 Å². The SMILES string of the molecule is CC(O)c1ccccc1Sc1cccc(Cl)c1. The number of hydrogen-bond donors (Lipinski definition) is 1. The quantitative estimate of drug-likeness (QED) is 0.878. The van der Waals surface area contributed by atoms with E-state index < -0.39 is 6.10 Å². The van der Waals surface area contributed by atoms with Gasteiger partial charge in [-0.25, -0.2) is 0 Å². The van der Waals surface area contributed by atoms with Gasteiger partial charge in [0.1, 0.15) is 0 Å². The van der Waals surface area contributed by atoms with Gasteiger partial charge in [-0.15, -0.1) is 0 Å². The molecular formula is C14H13ClOS. The van der Waals surface area contributed by atoms with E-state index in [2.05, 4.69) is 0 Å². The molecule has 0 fully saturated rings. The average Bonchev–Trinajstić information content (AvgIpc) is 2.29. The summed E-state index contributed by atoms with van der Waals surface area (Å²) < 4.78 is 0. The van der Waals surface area contributed by atoms with Gasteiger partial charge in [-0.3, -0.25) is 0 Å². The molecule has 1 nitrogen and oxygen atoms in total. The van der Waals surface area contributed by atoms with Crippen molar-refractivity contribution in [3.63, 3.8) is 0 Å². The number of aliphatic hydroxyl groups is 1. The molecule has 3 heteroatoms. The van der Waals surface area contributed by atoms with Gasteiger partial charge in [0.05, 0.1) is 6.10 Å². The smallest absolute Gasteiger partial charge is 0.0772 e. The Kier molecular flexibility index (Phi) is 4.11. The van der Waals surface area contributed by atoms with E-state index in [0.717, 1.165) is 20.4 Å². The second-order valence-corrected chi connectivity index (χ2v) is 5.33. The van der Waals surface area contributed by atoms with Gasteiger partial charge in [-0.05, 0) is 36.8 Å². The summed E-state index contributed by atoms with van der Waals surface area (Å²) in [5, 5.41) is 10.4. The molecule has 0 heterocycles. The summed E-state index contributed by atoms with van der Waals surface area (Å²) in [5.74, 6) is 0. The predicted molar refractivity (Wildman–Crippen MR) is 72.7 cm³/mol. The maximum absolute atomic E-state index is 9.70. The molecule has 0 saturated carbocycles. The topological polar surface area (TPSA) is 20.2 Å². The molecule has 2 aromatic rings. The standard InChI is InChI=1S/C14H13ClOS/c1-10(16)13-7-2-3-8-14(13)17-12-6-4-5-11(15)9-12/h2-10,16H,1H3. The number of rotatable bonds is 3. The Morgan fingerprint density at radius 1 is 1.12 bits per heavy atom. The molecule has 1 N–H and O–H groups in total. The first-order valence-electron chi connectivity index (χ1n) is 5.37. The van der Waals surface area contributed by atoms with Gasteiger partial charge in [0.15, 0.2) is 0 Å². The van der Waals surface area contributed by atoms with Crippen LogP contribution in [-0.2, 0) is 0 Å². The molecule has 0 amide bonds. The number of aliphatic hydroxyl groups excluding tert-OH is 1. The van der Waals surface area contributed by atoms with Crippen LogP contribution in [0.5, 0.6) is 0 Å². The molecule has 0 aliphatic heterocycles. The summed E-state index contributed by atoms with van der Waals surface area (Å²) in [5.41, 5.74) is 0.942. The van der Waals surface area contributed by atoms with Crippen molar-refractivity contribution in [2.75, 3.05) is 0 Å². The van der Waals surface area contributed by atoms with E-state index in [-0.39, 0.29) is 0 Å². The Morgan fingerprint density at radius 2 is 1.88 bits per heavy atom. The second kappa shape index (κ2) is 5.58. The van der Waals surface area contributed by atoms with Gasteiger partial charge in [0.2, 0.25) is 0 Å². The van der Waals surface area contributed by atoms with Crippen LogP contribution in [0.4, 0.5) is 0 Å². The summed E-state index contributed by atoms with van der Waals surface area (Å²) in [6.45, 7) is 1.78. The van der Waals surface area contributed by atoms with Crippen molar-refractivity contribution in [2.24, 2.45) is 0 Å². The maximum atomic E-state index is 9.70. The van der Waals surface area contributed by atoms with Gasteiger partial charge >= 0.3 is 0 Å². The van der Waals surface area contributed by atoms with Crippen molar-refractivity contribution in [3.05, 3.63) is 59.1 Å². The van der Waals surface area contributed by atoms with Crippen LogP contribution in [0, 0.1) is 0 Å². The number of halogens is 1. The lowest BCUT2D eigenvalue weighted by Gasteiger charge is -2.11. The highest BCUT2D eigenvalue weighted by molar-refractivity contribution is 7.99. The minimum absolute atomic E-state index is 0.460. The first-order chi connectivity index (χ1) is 8.16. The lowest BCUT2D eigenvalue weighted by Crippen LogP contribution is -1.93.